The van der Waals surface area contributed by atoms with Gasteiger partial charge in [0, 0.05) is 37.1 Å². The molecular formula is C17H25N5O3S. The number of rotatable bonds is 6. The number of ether oxygens (including phenoxy) is 1. The minimum absolute atomic E-state index is 0.146. The highest BCUT2D eigenvalue weighted by atomic mass is 32.2. The first-order valence-corrected chi connectivity index (χ1v) is 10.7. The summed E-state index contributed by atoms with van der Waals surface area (Å²) < 4.78 is 30.8. The second-order valence-electron chi connectivity index (χ2n) is 7.15. The van der Waals surface area contributed by atoms with Gasteiger partial charge in [0.15, 0.2) is 5.82 Å². The van der Waals surface area contributed by atoms with E-state index in [1.807, 2.05) is 32.0 Å². The zero-order valence-corrected chi connectivity index (χ0v) is 16.2. The van der Waals surface area contributed by atoms with Gasteiger partial charge in [0.05, 0.1) is 11.4 Å². The SMILES string of the molecule is Cc1cc(C)n(-c2ccc(NCC3(CS(C)(=O)=O)CCOCC3)nn2)n1. The lowest BCUT2D eigenvalue weighted by Gasteiger charge is -2.36. The monoisotopic (exact) mass is 379 g/mol. The second-order valence-corrected chi connectivity index (χ2v) is 9.29. The number of aromatic nitrogens is 4. The molecule has 2 aromatic heterocycles. The van der Waals surface area contributed by atoms with Gasteiger partial charge in [-0.2, -0.15) is 5.10 Å². The first-order chi connectivity index (χ1) is 12.3. The van der Waals surface area contributed by atoms with Crippen LogP contribution < -0.4 is 5.32 Å². The summed E-state index contributed by atoms with van der Waals surface area (Å²) in [6.45, 7) is 5.59. The molecule has 1 N–H and O–H groups in total. The maximum Gasteiger partial charge on any atom is 0.176 e. The van der Waals surface area contributed by atoms with Gasteiger partial charge in [0.2, 0.25) is 0 Å². The van der Waals surface area contributed by atoms with Gasteiger partial charge in [-0.15, -0.1) is 10.2 Å². The number of hydrogen-bond donors (Lipinski definition) is 1. The molecule has 0 unspecified atom stereocenters. The maximum absolute atomic E-state index is 11.8. The minimum Gasteiger partial charge on any atom is -0.381 e. The summed E-state index contributed by atoms with van der Waals surface area (Å²) in [6, 6.07) is 5.67. The van der Waals surface area contributed by atoms with Crippen LogP contribution in [0.25, 0.3) is 5.82 Å². The summed E-state index contributed by atoms with van der Waals surface area (Å²) in [4.78, 5) is 0. The van der Waals surface area contributed by atoms with Gasteiger partial charge in [-0.3, -0.25) is 0 Å². The quantitative estimate of drug-likeness (QED) is 0.812. The van der Waals surface area contributed by atoms with Crippen LogP contribution in [0.5, 0.6) is 0 Å². The average molecular weight is 379 g/mol. The molecule has 2 aromatic rings. The Kier molecular flexibility index (Phi) is 5.29. The zero-order valence-electron chi connectivity index (χ0n) is 15.4. The van der Waals surface area contributed by atoms with Gasteiger partial charge in [0.25, 0.3) is 0 Å². The van der Waals surface area contributed by atoms with Gasteiger partial charge in [0.1, 0.15) is 15.7 Å². The Morgan fingerprint density at radius 2 is 1.96 bits per heavy atom. The van der Waals surface area contributed by atoms with Crippen molar-refractivity contribution in [1.82, 2.24) is 20.0 Å². The fraction of sp³-hybridized carbons (Fsp3) is 0.588. The molecule has 0 saturated carbocycles. The molecule has 0 bridgehead atoms. The summed E-state index contributed by atoms with van der Waals surface area (Å²) in [5.41, 5.74) is 1.59. The van der Waals surface area contributed by atoms with Crippen molar-refractivity contribution in [2.24, 2.45) is 5.41 Å². The molecule has 142 valence electrons. The van der Waals surface area contributed by atoms with E-state index < -0.39 is 9.84 Å². The van der Waals surface area contributed by atoms with Crippen molar-refractivity contribution in [2.45, 2.75) is 26.7 Å². The second kappa shape index (κ2) is 7.32. The summed E-state index contributed by atoms with van der Waals surface area (Å²) in [7, 11) is -3.07. The lowest BCUT2D eigenvalue weighted by Crippen LogP contribution is -2.41. The van der Waals surface area contributed by atoms with Crippen LogP contribution in [0.2, 0.25) is 0 Å². The fourth-order valence-electron chi connectivity index (χ4n) is 3.40. The Hall–Kier alpha value is -2.00. The summed E-state index contributed by atoms with van der Waals surface area (Å²) in [6.07, 6.45) is 2.71. The maximum atomic E-state index is 11.8. The predicted octanol–water partition coefficient (Wildman–Crippen LogP) is 1.53. The van der Waals surface area contributed by atoms with Crippen LogP contribution >= 0.6 is 0 Å². The van der Waals surface area contributed by atoms with E-state index in [4.69, 9.17) is 4.74 Å². The molecule has 0 radical (unpaired) electrons. The smallest absolute Gasteiger partial charge is 0.176 e. The van der Waals surface area contributed by atoms with E-state index in [2.05, 4.69) is 20.6 Å². The molecule has 1 saturated heterocycles. The molecule has 0 aromatic carbocycles. The Morgan fingerprint density at radius 3 is 2.50 bits per heavy atom. The van der Waals surface area contributed by atoms with Crippen molar-refractivity contribution >= 4 is 15.7 Å². The van der Waals surface area contributed by atoms with Crippen molar-refractivity contribution < 1.29 is 13.2 Å². The van der Waals surface area contributed by atoms with Crippen molar-refractivity contribution in [2.75, 3.05) is 37.1 Å². The molecule has 0 aliphatic carbocycles. The highest BCUT2D eigenvalue weighted by molar-refractivity contribution is 7.90. The standard InChI is InChI=1S/C17H25N5O3S/c1-13-10-14(2)22(21-13)16-5-4-15(19-20-16)18-11-17(12-26(3,23)24)6-8-25-9-7-17/h4-5,10H,6-9,11-12H2,1-3H3,(H,18,19). The normalized spacial score (nSPS) is 17.2. The lowest BCUT2D eigenvalue weighted by atomic mass is 9.82. The van der Waals surface area contributed by atoms with Crippen molar-refractivity contribution in [3.63, 3.8) is 0 Å². The van der Waals surface area contributed by atoms with Crippen molar-refractivity contribution in [1.29, 1.82) is 0 Å². The molecule has 0 atom stereocenters. The molecule has 1 aliphatic rings. The lowest BCUT2D eigenvalue weighted by molar-refractivity contribution is 0.0315. The van der Waals surface area contributed by atoms with E-state index in [-0.39, 0.29) is 11.2 Å². The molecule has 8 nitrogen and oxygen atoms in total. The van der Waals surface area contributed by atoms with Gasteiger partial charge in [-0.25, -0.2) is 13.1 Å². The molecule has 1 aliphatic heterocycles. The Labute approximate surface area is 153 Å². The highest BCUT2D eigenvalue weighted by Crippen LogP contribution is 2.32. The molecule has 26 heavy (non-hydrogen) atoms. The van der Waals surface area contributed by atoms with Gasteiger partial charge < -0.3 is 10.1 Å². The van der Waals surface area contributed by atoms with E-state index in [0.717, 1.165) is 11.4 Å². The van der Waals surface area contributed by atoms with Crippen LogP contribution in [0.3, 0.4) is 0 Å². The fourth-order valence-corrected chi connectivity index (χ4v) is 4.91. The largest absolute Gasteiger partial charge is 0.381 e. The van der Waals surface area contributed by atoms with Gasteiger partial charge in [-0.05, 0) is 44.9 Å². The molecule has 0 spiro atoms. The molecule has 3 heterocycles. The van der Waals surface area contributed by atoms with E-state index in [9.17, 15) is 8.42 Å². The first-order valence-electron chi connectivity index (χ1n) is 8.63. The molecule has 1 fully saturated rings. The van der Waals surface area contributed by atoms with Crippen LogP contribution in [0.1, 0.15) is 24.2 Å². The molecule has 3 rings (SSSR count). The number of anilines is 1. The van der Waals surface area contributed by atoms with Crippen molar-refractivity contribution in [3.8, 4) is 5.82 Å². The van der Waals surface area contributed by atoms with E-state index >= 15 is 0 Å². The third-order valence-electron chi connectivity index (χ3n) is 4.64. The van der Waals surface area contributed by atoms with E-state index in [1.54, 1.807) is 4.68 Å². The summed E-state index contributed by atoms with van der Waals surface area (Å²) in [5, 5.41) is 16.1. The van der Waals surface area contributed by atoms with Crippen LogP contribution in [0, 0.1) is 19.3 Å². The van der Waals surface area contributed by atoms with E-state index in [0.29, 0.717) is 44.2 Å². The minimum atomic E-state index is -3.07. The third-order valence-corrected chi connectivity index (χ3v) is 5.78. The Balaban J connectivity index is 1.71. The highest BCUT2D eigenvalue weighted by Gasteiger charge is 2.36. The average Bonchev–Trinajstić information content (AvgIpc) is 2.91. The predicted molar refractivity (Wildman–Crippen MR) is 99.3 cm³/mol. The molecule has 0 amide bonds. The summed E-state index contributed by atoms with van der Waals surface area (Å²) >= 11 is 0. The number of sulfone groups is 1. The van der Waals surface area contributed by atoms with Crippen LogP contribution in [0.4, 0.5) is 5.82 Å². The van der Waals surface area contributed by atoms with Crippen LogP contribution in [0.15, 0.2) is 18.2 Å². The van der Waals surface area contributed by atoms with Crippen LogP contribution in [-0.4, -0.2) is 60.2 Å². The van der Waals surface area contributed by atoms with Crippen LogP contribution in [-0.2, 0) is 14.6 Å². The van der Waals surface area contributed by atoms with E-state index in [1.165, 1.54) is 6.26 Å². The number of nitrogens with one attached hydrogen (secondary N) is 1. The number of hydrogen-bond acceptors (Lipinski definition) is 7. The molecule has 9 heteroatoms. The molecular weight excluding hydrogens is 354 g/mol. The first kappa shape index (κ1) is 18.8. The zero-order chi connectivity index (χ0) is 18.8. The van der Waals surface area contributed by atoms with Gasteiger partial charge in [-0.1, -0.05) is 0 Å². The number of nitrogens with zero attached hydrogens (tertiary/aromatic N) is 4. The number of aryl methyl sites for hydroxylation is 2. The van der Waals surface area contributed by atoms with Gasteiger partial charge >= 0.3 is 0 Å². The Bertz CT molecular complexity index is 855. The Morgan fingerprint density at radius 1 is 1.23 bits per heavy atom. The van der Waals surface area contributed by atoms with Crippen molar-refractivity contribution in [3.05, 3.63) is 29.6 Å². The summed E-state index contributed by atoms with van der Waals surface area (Å²) in [5.74, 6) is 1.42. The topological polar surface area (TPSA) is 99.0 Å². The third kappa shape index (κ3) is 4.59.